The Bertz CT molecular complexity index is 565. The van der Waals surface area contributed by atoms with Gasteiger partial charge < -0.3 is 19.6 Å². The van der Waals surface area contributed by atoms with Crippen molar-refractivity contribution in [2.75, 3.05) is 59.4 Å². The van der Waals surface area contributed by atoms with Gasteiger partial charge in [0.1, 0.15) is 6.26 Å². The molecule has 2 saturated heterocycles. The third kappa shape index (κ3) is 6.21. The summed E-state index contributed by atoms with van der Waals surface area (Å²) in [5, 5.41) is 7.66. The second-order valence-corrected chi connectivity index (χ2v) is 8.34. The van der Waals surface area contributed by atoms with Gasteiger partial charge >= 0.3 is 0 Å². The highest BCUT2D eigenvalue weighted by molar-refractivity contribution is 5.80. The average molecular weight is 377 g/mol. The van der Waals surface area contributed by atoms with Crippen molar-refractivity contribution in [3.05, 3.63) is 18.0 Å². The zero-order valence-corrected chi connectivity index (χ0v) is 17.2. The molecule has 2 fully saturated rings. The maximum atomic E-state index is 4.93. The highest BCUT2D eigenvalue weighted by Crippen LogP contribution is 2.17. The predicted octanol–water partition coefficient (Wildman–Crippen LogP) is 1.74. The molecule has 1 aromatic rings. The molecule has 3 rings (SSSR count). The number of hydrogen-bond acceptors (Lipinski definition) is 5. The maximum absolute atomic E-state index is 4.93. The molecule has 27 heavy (non-hydrogen) atoms. The van der Waals surface area contributed by atoms with Crippen molar-refractivity contribution in [1.29, 1.82) is 0 Å². The molecule has 2 aliphatic heterocycles. The van der Waals surface area contributed by atoms with Crippen LogP contribution in [0.2, 0.25) is 0 Å². The Morgan fingerprint density at radius 3 is 2.74 bits per heavy atom. The van der Waals surface area contributed by atoms with E-state index in [0.29, 0.717) is 0 Å². The number of piperazine rings is 1. The van der Waals surface area contributed by atoms with Crippen LogP contribution in [0.1, 0.15) is 32.4 Å². The number of hydrogen-bond donors (Lipinski definition) is 1. The van der Waals surface area contributed by atoms with Crippen LogP contribution in [-0.2, 0) is 6.54 Å². The summed E-state index contributed by atoms with van der Waals surface area (Å²) >= 11 is 0. The molecular formula is C20H36N6O. The minimum Gasteiger partial charge on any atom is -0.364 e. The van der Waals surface area contributed by atoms with Crippen molar-refractivity contribution in [3.8, 4) is 0 Å². The van der Waals surface area contributed by atoms with Crippen molar-refractivity contribution >= 4 is 5.96 Å². The lowest BCUT2D eigenvalue weighted by atomic mass is 9.97. The molecule has 7 heteroatoms. The third-order valence-electron chi connectivity index (χ3n) is 5.54. The van der Waals surface area contributed by atoms with Gasteiger partial charge in [0.15, 0.2) is 5.96 Å². The molecule has 2 aliphatic rings. The Hall–Kier alpha value is -1.60. The van der Waals surface area contributed by atoms with Crippen LogP contribution in [-0.4, -0.2) is 85.2 Å². The summed E-state index contributed by atoms with van der Waals surface area (Å²) in [6.45, 7) is 14.3. The van der Waals surface area contributed by atoms with Crippen molar-refractivity contribution in [2.24, 2.45) is 16.8 Å². The number of rotatable bonds is 6. The Labute approximate surface area is 163 Å². The molecule has 7 nitrogen and oxygen atoms in total. The van der Waals surface area contributed by atoms with Crippen LogP contribution < -0.4 is 5.32 Å². The normalized spacial score (nSPS) is 23.2. The molecular weight excluding hydrogens is 340 g/mol. The molecule has 0 bridgehead atoms. The quantitative estimate of drug-likeness (QED) is 0.603. The molecule has 0 radical (unpaired) electrons. The van der Waals surface area contributed by atoms with Crippen LogP contribution in [0.3, 0.4) is 0 Å². The third-order valence-corrected chi connectivity index (χ3v) is 5.54. The largest absolute Gasteiger partial charge is 0.364 e. The van der Waals surface area contributed by atoms with E-state index in [9.17, 15) is 0 Å². The van der Waals surface area contributed by atoms with E-state index >= 15 is 0 Å². The topological polar surface area (TPSA) is 60.1 Å². The number of guanidine groups is 1. The Morgan fingerprint density at radius 2 is 2.07 bits per heavy atom. The van der Waals surface area contributed by atoms with Crippen molar-refractivity contribution in [1.82, 2.24) is 25.2 Å². The van der Waals surface area contributed by atoms with E-state index in [0.717, 1.165) is 62.8 Å². The van der Waals surface area contributed by atoms with E-state index in [1.807, 2.05) is 13.1 Å². The van der Waals surface area contributed by atoms with Gasteiger partial charge in [-0.2, -0.15) is 0 Å². The van der Waals surface area contributed by atoms with Crippen molar-refractivity contribution in [3.63, 3.8) is 0 Å². The fraction of sp³-hybridized carbons (Fsp3) is 0.800. The summed E-state index contributed by atoms with van der Waals surface area (Å²) < 4.78 is 4.93. The Balaban J connectivity index is 1.40. The van der Waals surface area contributed by atoms with Gasteiger partial charge in [0, 0.05) is 65.5 Å². The van der Waals surface area contributed by atoms with Crippen LogP contribution in [0.4, 0.5) is 0 Å². The highest BCUT2D eigenvalue weighted by Gasteiger charge is 2.23. The minimum atomic E-state index is 0.725. The number of aliphatic imine (C=N–C) groups is 1. The zero-order valence-electron chi connectivity index (χ0n) is 17.2. The fourth-order valence-electron chi connectivity index (χ4n) is 4.23. The van der Waals surface area contributed by atoms with Gasteiger partial charge in [0.25, 0.3) is 0 Å². The van der Waals surface area contributed by atoms with E-state index in [2.05, 4.69) is 44.0 Å². The monoisotopic (exact) mass is 376 g/mol. The summed E-state index contributed by atoms with van der Waals surface area (Å²) in [7, 11) is 1.90. The first kappa shape index (κ1) is 20.1. The van der Waals surface area contributed by atoms with Crippen LogP contribution in [0.5, 0.6) is 0 Å². The summed E-state index contributed by atoms with van der Waals surface area (Å²) in [6, 6.07) is 1.94. The van der Waals surface area contributed by atoms with Gasteiger partial charge in [0.2, 0.25) is 0 Å². The van der Waals surface area contributed by atoms with E-state index in [-0.39, 0.29) is 0 Å². The highest BCUT2D eigenvalue weighted by atomic mass is 16.5. The van der Waals surface area contributed by atoms with Crippen LogP contribution >= 0.6 is 0 Å². The molecule has 1 unspecified atom stereocenters. The molecule has 1 aromatic heterocycles. The number of nitrogens with zero attached hydrogens (tertiary/aromatic N) is 5. The summed E-state index contributed by atoms with van der Waals surface area (Å²) in [5.74, 6) is 2.53. The van der Waals surface area contributed by atoms with Gasteiger partial charge in [-0.3, -0.25) is 9.89 Å². The number of piperidine rings is 1. The minimum absolute atomic E-state index is 0.725. The van der Waals surface area contributed by atoms with Crippen molar-refractivity contribution in [2.45, 2.75) is 33.2 Å². The van der Waals surface area contributed by atoms with Gasteiger partial charge in [0.05, 0.1) is 5.69 Å². The summed E-state index contributed by atoms with van der Waals surface area (Å²) in [6.07, 6.45) is 4.29. The molecule has 0 aromatic carbocycles. The van der Waals surface area contributed by atoms with Gasteiger partial charge in [-0.1, -0.05) is 19.0 Å². The molecule has 152 valence electrons. The van der Waals surface area contributed by atoms with Gasteiger partial charge in [-0.05, 0) is 31.2 Å². The number of likely N-dealkylation sites (tertiary alicyclic amines) is 1. The van der Waals surface area contributed by atoms with Crippen LogP contribution in [0, 0.1) is 11.8 Å². The lowest BCUT2D eigenvalue weighted by Gasteiger charge is -2.37. The lowest BCUT2D eigenvalue weighted by Crippen LogP contribution is -2.53. The summed E-state index contributed by atoms with van der Waals surface area (Å²) in [5.41, 5.74) is 1.01. The number of nitrogens with one attached hydrogen (secondary N) is 1. The molecule has 0 spiro atoms. The first-order chi connectivity index (χ1) is 13.1. The van der Waals surface area contributed by atoms with Crippen LogP contribution in [0.25, 0.3) is 0 Å². The van der Waals surface area contributed by atoms with Gasteiger partial charge in [-0.15, -0.1) is 0 Å². The zero-order chi connectivity index (χ0) is 19.1. The Kier molecular flexibility index (Phi) is 7.52. The van der Waals surface area contributed by atoms with E-state index < -0.39 is 0 Å². The molecule has 1 atom stereocenters. The Morgan fingerprint density at radius 1 is 1.26 bits per heavy atom. The SMILES string of the molecule is CN=C(NCC1CCCN(CC(C)C)C1)N1CCN(Cc2ccon2)CC1. The molecule has 3 heterocycles. The molecule has 0 amide bonds. The second-order valence-electron chi connectivity index (χ2n) is 8.34. The fourth-order valence-corrected chi connectivity index (χ4v) is 4.23. The second kappa shape index (κ2) is 10.1. The molecule has 0 saturated carbocycles. The van der Waals surface area contributed by atoms with E-state index in [4.69, 9.17) is 4.52 Å². The standard InChI is InChI=1S/C20H36N6O/c1-17(2)14-25-7-4-5-18(15-25)13-22-20(21-3)26-10-8-24(9-11-26)16-19-6-12-27-23-19/h6,12,17-18H,4-5,7-11,13-16H2,1-3H3,(H,21,22). The van der Waals surface area contributed by atoms with E-state index in [1.54, 1.807) is 6.26 Å². The average Bonchev–Trinajstić information content (AvgIpc) is 3.16. The van der Waals surface area contributed by atoms with Gasteiger partial charge in [-0.25, -0.2) is 0 Å². The molecule has 1 N–H and O–H groups in total. The van der Waals surface area contributed by atoms with E-state index in [1.165, 1.54) is 32.5 Å². The predicted molar refractivity (Wildman–Crippen MR) is 109 cm³/mol. The first-order valence-electron chi connectivity index (χ1n) is 10.4. The summed E-state index contributed by atoms with van der Waals surface area (Å²) in [4.78, 5) is 12.0. The molecule has 0 aliphatic carbocycles. The van der Waals surface area contributed by atoms with Crippen LogP contribution in [0.15, 0.2) is 21.8 Å². The first-order valence-corrected chi connectivity index (χ1v) is 10.4. The van der Waals surface area contributed by atoms with Crippen molar-refractivity contribution < 1.29 is 4.52 Å². The lowest BCUT2D eigenvalue weighted by molar-refractivity contribution is 0.155. The maximum Gasteiger partial charge on any atom is 0.193 e. The number of aromatic nitrogens is 1. The smallest absolute Gasteiger partial charge is 0.193 e.